The van der Waals surface area contributed by atoms with Gasteiger partial charge in [-0.3, -0.25) is 4.57 Å². The Morgan fingerprint density at radius 3 is 2.53 bits per heavy atom. The van der Waals surface area contributed by atoms with Crippen LogP contribution >= 0.6 is 8.03 Å². The Kier molecular flexibility index (Phi) is 15.9. The Bertz CT molecular complexity index is 864. The zero-order chi connectivity index (χ0) is 27.6. The predicted octanol–water partition coefficient (Wildman–Crippen LogP) is 4.44. The van der Waals surface area contributed by atoms with Crippen LogP contribution in [0.3, 0.4) is 0 Å². The molecule has 1 aliphatic heterocycles. The summed E-state index contributed by atoms with van der Waals surface area (Å²) in [7, 11) is -2.96. The van der Waals surface area contributed by atoms with Gasteiger partial charge in [-0.05, 0) is 50.6 Å². The molecule has 3 N–H and O–H groups in total. The molecule has 1 saturated heterocycles. The van der Waals surface area contributed by atoms with E-state index in [0.29, 0.717) is 45.2 Å². The van der Waals surface area contributed by atoms with Crippen molar-refractivity contribution in [2.24, 2.45) is 0 Å². The molecule has 0 spiro atoms. The Morgan fingerprint density at radius 1 is 1.08 bits per heavy atom. The van der Waals surface area contributed by atoms with Crippen molar-refractivity contribution in [2.45, 2.75) is 102 Å². The second kappa shape index (κ2) is 18.9. The monoisotopic (exact) mass is 554 g/mol. The predicted molar refractivity (Wildman–Crippen MR) is 144 cm³/mol. The zero-order valence-corrected chi connectivity index (χ0v) is 23.3. The van der Waals surface area contributed by atoms with Crippen molar-refractivity contribution in [1.82, 2.24) is 10.6 Å². The highest BCUT2D eigenvalue weighted by Crippen LogP contribution is 2.34. The summed E-state index contributed by atoms with van der Waals surface area (Å²) < 4.78 is 28.3. The van der Waals surface area contributed by atoms with E-state index in [1.54, 1.807) is 0 Å². The molecule has 4 atom stereocenters. The molecule has 1 aliphatic rings. The quantitative estimate of drug-likeness (QED) is 0.104. The van der Waals surface area contributed by atoms with Gasteiger partial charge in [0.25, 0.3) is 0 Å². The molecule has 11 heteroatoms. The van der Waals surface area contributed by atoms with Crippen LogP contribution < -0.4 is 10.6 Å². The van der Waals surface area contributed by atoms with E-state index < -0.39 is 44.1 Å². The average Bonchev–Trinajstić information content (AvgIpc) is 3.46. The molecule has 0 bridgehead atoms. The number of nitrogens with one attached hydrogen (secondary N) is 2. The van der Waals surface area contributed by atoms with Gasteiger partial charge in [0.1, 0.15) is 18.5 Å². The van der Waals surface area contributed by atoms with Crippen molar-refractivity contribution >= 4 is 26.1 Å². The molecule has 0 saturated carbocycles. The highest BCUT2D eigenvalue weighted by molar-refractivity contribution is 7.39. The van der Waals surface area contributed by atoms with Crippen molar-refractivity contribution in [1.29, 1.82) is 0 Å². The maximum absolute atomic E-state index is 12.7. The van der Waals surface area contributed by atoms with E-state index in [2.05, 4.69) is 17.6 Å². The van der Waals surface area contributed by atoms with E-state index in [0.717, 1.165) is 37.7 Å². The molecule has 38 heavy (non-hydrogen) atoms. The Balaban J connectivity index is 1.78. The van der Waals surface area contributed by atoms with Gasteiger partial charge in [-0.1, -0.05) is 69.4 Å². The second-order valence-electron chi connectivity index (χ2n) is 9.52. The molecular weight excluding hydrogens is 511 g/mol. The number of esters is 2. The summed E-state index contributed by atoms with van der Waals surface area (Å²) in [6.45, 7) is 3.25. The summed E-state index contributed by atoms with van der Waals surface area (Å²) in [5.41, 5.74) is 0.877. The topological polar surface area (TPSA) is 140 Å². The summed E-state index contributed by atoms with van der Waals surface area (Å²) in [6.07, 6.45) is 5.87. The molecule has 10 nitrogen and oxygen atoms in total. The number of benzene rings is 1. The van der Waals surface area contributed by atoms with Gasteiger partial charge in [-0.15, -0.1) is 0 Å². The smallest absolute Gasteiger partial charge is 0.407 e. The maximum Gasteiger partial charge on any atom is 0.407 e. The molecule has 1 heterocycles. The molecule has 1 fully saturated rings. The van der Waals surface area contributed by atoms with Gasteiger partial charge in [0.15, 0.2) is 6.10 Å². The van der Waals surface area contributed by atoms with E-state index in [-0.39, 0.29) is 13.0 Å². The van der Waals surface area contributed by atoms with Crippen LogP contribution in [0.15, 0.2) is 30.3 Å². The highest BCUT2D eigenvalue weighted by Gasteiger charge is 2.31. The number of hydrogen-bond acceptors (Lipinski definition) is 9. The number of aliphatic hydroxyl groups is 1. The van der Waals surface area contributed by atoms with Gasteiger partial charge in [0, 0.05) is 6.54 Å². The molecule has 1 aromatic carbocycles. The molecule has 214 valence electrons. The van der Waals surface area contributed by atoms with E-state index in [1.165, 1.54) is 0 Å². The number of ether oxygens (including phenoxy) is 2. The van der Waals surface area contributed by atoms with Crippen LogP contribution in [0.25, 0.3) is 0 Å². The van der Waals surface area contributed by atoms with E-state index in [1.807, 2.05) is 30.3 Å². The first-order chi connectivity index (χ1) is 18.4. The second-order valence-corrected chi connectivity index (χ2v) is 11.1. The van der Waals surface area contributed by atoms with Crippen molar-refractivity contribution < 1.29 is 38.1 Å². The summed E-state index contributed by atoms with van der Waals surface area (Å²) in [5, 5.41) is 15.9. The van der Waals surface area contributed by atoms with Gasteiger partial charge >= 0.3 is 18.0 Å². The standard InChI is InChI=1S/C27H43N2O8P/c1-2-3-4-5-9-17-24(30)38(34)37-23(26(32)36-25(31)22-15-12-19-28-22)16-10-11-18-29-27(33)35-20-21-13-7-6-8-14-21/h6-8,13-14,22-24,28,30,38H,2-5,9-12,15-20H2,1H3,(H,29,33)/t22-,23?,24?/m0/s1. The normalized spacial score (nSPS) is 17.4. The number of unbranched alkanes of at least 4 members (excludes halogenated alkanes) is 5. The molecule has 1 aromatic rings. The molecule has 0 aliphatic carbocycles. The minimum absolute atomic E-state index is 0.130. The average molecular weight is 555 g/mol. The molecule has 3 unspecified atom stereocenters. The lowest BCUT2D eigenvalue weighted by Crippen LogP contribution is -2.37. The maximum atomic E-state index is 12.7. The van der Waals surface area contributed by atoms with Crippen molar-refractivity contribution in [3.05, 3.63) is 35.9 Å². The third-order valence-corrected chi connectivity index (χ3v) is 7.65. The van der Waals surface area contributed by atoms with Crippen molar-refractivity contribution in [2.75, 3.05) is 13.1 Å². The lowest BCUT2D eigenvalue weighted by Gasteiger charge is -2.19. The third-order valence-electron chi connectivity index (χ3n) is 6.30. The number of hydrogen-bond donors (Lipinski definition) is 3. The fourth-order valence-corrected chi connectivity index (χ4v) is 5.14. The number of alkyl carbamates (subject to hydrolysis) is 1. The molecule has 0 radical (unpaired) electrons. The van der Waals surface area contributed by atoms with Crippen LogP contribution in [0.4, 0.5) is 4.79 Å². The van der Waals surface area contributed by atoms with Gasteiger partial charge in [-0.25, -0.2) is 14.4 Å². The first-order valence-corrected chi connectivity index (χ1v) is 15.1. The fraction of sp³-hybridized carbons (Fsp3) is 0.667. The van der Waals surface area contributed by atoms with E-state index >= 15 is 0 Å². The first kappa shape index (κ1) is 32.0. The van der Waals surface area contributed by atoms with Crippen LogP contribution in [-0.2, 0) is 34.8 Å². The number of carbonyl (C=O) groups is 3. The first-order valence-electron chi connectivity index (χ1n) is 13.7. The molecule has 0 aromatic heterocycles. The van der Waals surface area contributed by atoms with Gasteiger partial charge in [-0.2, -0.15) is 0 Å². The van der Waals surface area contributed by atoms with Gasteiger partial charge < -0.3 is 29.7 Å². The van der Waals surface area contributed by atoms with Gasteiger partial charge in [0.05, 0.1) is 0 Å². The van der Waals surface area contributed by atoms with E-state index in [4.69, 9.17) is 14.0 Å². The van der Waals surface area contributed by atoms with Crippen molar-refractivity contribution in [3.63, 3.8) is 0 Å². The number of amides is 1. The Morgan fingerprint density at radius 2 is 1.82 bits per heavy atom. The fourth-order valence-electron chi connectivity index (χ4n) is 4.04. The summed E-state index contributed by atoms with van der Waals surface area (Å²) in [4.78, 5) is 36.9. The van der Waals surface area contributed by atoms with Crippen LogP contribution in [0.1, 0.15) is 83.1 Å². The highest BCUT2D eigenvalue weighted by atomic mass is 31.1. The zero-order valence-electron chi connectivity index (χ0n) is 22.3. The molecular formula is C27H43N2O8P. The lowest BCUT2D eigenvalue weighted by molar-refractivity contribution is -0.166. The number of rotatable bonds is 18. The van der Waals surface area contributed by atoms with Crippen LogP contribution in [0.2, 0.25) is 0 Å². The third kappa shape index (κ3) is 13.0. The molecule has 2 rings (SSSR count). The van der Waals surface area contributed by atoms with Crippen molar-refractivity contribution in [3.8, 4) is 0 Å². The summed E-state index contributed by atoms with van der Waals surface area (Å²) in [6, 6.07) is 8.77. The van der Waals surface area contributed by atoms with E-state index in [9.17, 15) is 24.1 Å². The van der Waals surface area contributed by atoms with Crippen LogP contribution in [0.5, 0.6) is 0 Å². The van der Waals surface area contributed by atoms with Crippen LogP contribution in [0, 0.1) is 0 Å². The largest absolute Gasteiger partial charge is 0.445 e. The summed E-state index contributed by atoms with van der Waals surface area (Å²) >= 11 is 0. The Labute approximate surface area is 226 Å². The van der Waals surface area contributed by atoms with Crippen LogP contribution in [-0.4, -0.2) is 54.2 Å². The van der Waals surface area contributed by atoms with Gasteiger partial charge in [0.2, 0.25) is 8.03 Å². The Hall–Kier alpha value is -2.26. The number of carbonyl (C=O) groups excluding carboxylic acids is 3. The minimum Gasteiger partial charge on any atom is -0.445 e. The molecule has 1 amide bonds. The lowest BCUT2D eigenvalue weighted by atomic mass is 10.1. The SMILES string of the molecule is CCCCCCCC(O)[PH](=O)OC(CCCCNC(=O)OCc1ccccc1)C(=O)OC(=O)[C@@H]1CCCN1. The summed E-state index contributed by atoms with van der Waals surface area (Å²) in [5.74, 6) is -2.75. The number of aliphatic hydroxyl groups excluding tert-OH is 1. The minimum atomic E-state index is -2.96.